The molecular weight excluding hydrogens is 317 g/mol. The van der Waals surface area contributed by atoms with E-state index < -0.39 is 11.4 Å². The van der Waals surface area contributed by atoms with Crippen LogP contribution in [0, 0.1) is 5.92 Å². The summed E-state index contributed by atoms with van der Waals surface area (Å²) in [5.41, 5.74) is -3.58. The van der Waals surface area contributed by atoms with Gasteiger partial charge in [0.15, 0.2) is 0 Å². The second-order valence-corrected chi connectivity index (χ2v) is 5.99. The van der Waals surface area contributed by atoms with E-state index in [1.54, 1.807) is 24.3 Å². The third-order valence-electron chi connectivity index (χ3n) is 3.23. The van der Waals surface area contributed by atoms with Crippen molar-refractivity contribution in [1.29, 1.82) is 0 Å². The molecule has 0 aliphatic carbocycles. The molecule has 0 aromatic heterocycles. The van der Waals surface area contributed by atoms with E-state index in [0.29, 0.717) is 0 Å². The van der Waals surface area contributed by atoms with E-state index in [2.05, 4.69) is 5.32 Å². The molecular formula is C14H15F3N2O2S. The van der Waals surface area contributed by atoms with Gasteiger partial charge in [0.25, 0.3) is 0 Å². The maximum atomic E-state index is 12.0. The van der Waals surface area contributed by atoms with E-state index in [1.165, 1.54) is 4.90 Å². The number of carbonyl (C=O) groups excluding carboxylic acids is 2. The average Bonchev–Trinajstić information content (AvgIpc) is 2.85. The summed E-state index contributed by atoms with van der Waals surface area (Å²) in [7, 11) is 0. The molecule has 1 fully saturated rings. The van der Waals surface area contributed by atoms with Crippen molar-refractivity contribution < 1.29 is 22.8 Å². The van der Waals surface area contributed by atoms with Crippen LogP contribution in [0.5, 0.6) is 0 Å². The topological polar surface area (TPSA) is 49.4 Å². The fourth-order valence-corrected chi connectivity index (χ4v) is 2.66. The van der Waals surface area contributed by atoms with E-state index in [0.717, 1.165) is 5.69 Å². The normalized spacial score (nSPS) is 18.6. The highest BCUT2D eigenvalue weighted by molar-refractivity contribution is 8.00. The van der Waals surface area contributed by atoms with E-state index in [4.69, 9.17) is 0 Å². The SMILES string of the molecule is O=C(NCCSC(F)(F)F)[C@H]1CC(=O)N(c2ccccc2)C1. The fourth-order valence-electron chi connectivity index (χ4n) is 2.23. The van der Waals surface area contributed by atoms with Crippen LogP contribution in [0.2, 0.25) is 0 Å². The van der Waals surface area contributed by atoms with Crippen LogP contribution in [0.15, 0.2) is 30.3 Å². The molecule has 1 atom stereocenters. The van der Waals surface area contributed by atoms with Gasteiger partial charge in [-0.1, -0.05) is 18.2 Å². The molecule has 1 aliphatic heterocycles. The fraction of sp³-hybridized carbons (Fsp3) is 0.429. The summed E-state index contributed by atoms with van der Waals surface area (Å²) in [5, 5.41) is 2.45. The highest BCUT2D eigenvalue weighted by atomic mass is 32.2. The van der Waals surface area contributed by atoms with E-state index in [-0.39, 0.29) is 48.8 Å². The Hall–Kier alpha value is -1.70. The summed E-state index contributed by atoms with van der Waals surface area (Å²) in [6.45, 7) is 0.181. The van der Waals surface area contributed by atoms with Crippen molar-refractivity contribution in [3.8, 4) is 0 Å². The van der Waals surface area contributed by atoms with Gasteiger partial charge in [0.2, 0.25) is 11.8 Å². The molecule has 1 aromatic carbocycles. The predicted molar refractivity (Wildman–Crippen MR) is 78.4 cm³/mol. The van der Waals surface area contributed by atoms with E-state index in [1.807, 2.05) is 6.07 Å². The van der Waals surface area contributed by atoms with Crippen LogP contribution >= 0.6 is 11.8 Å². The standard InChI is InChI=1S/C14H15F3N2O2S/c15-14(16,17)22-7-6-18-13(21)10-8-12(20)19(9-10)11-4-2-1-3-5-11/h1-5,10H,6-9H2,(H,18,21)/t10-/m0/s1. The van der Waals surface area contributed by atoms with Crippen molar-refractivity contribution in [1.82, 2.24) is 5.32 Å². The molecule has 120 valence electrons. The monoisotopic (exact) mass is 332 g/mol. The maximum Gasteiger partial charge on any atom is 0.441 e. The van der Waals surface area contributed by atoms with Gasteiger partial charge in [0.1, 0.15) is 0 Å². The molecule has 2 rings (SSSR count). The van der Waals surface area contributed by atoms with Gasteiger partial charge in [-0.3, -0.25) is 9.59 Å². The molecule has 4 nitrogen and oxygen atoms in total. The number of thioether (sulfide) groups is 1. The Bertz CT molecular complexity index is 537. The second-order valence-electron chi connectivity index (χ2n) is 4.83. The maximum absolute atomic E-state index is 12.0. The van der Waals surface area contributed by atoms with Crippen molar-refractivity contribution in [3.05, 3.63) is 30.3 Å². The summed E-state index contributed by atoms with van der Waals surface area (Å²) in [5.74, 6) is -1.30. The minimum absolute atomic E-state index is 0.0704. The Morgan fingerprint density at radius 2 is 2.00 bits per heavy atom. The van der Waals surface area contributed by atoms with Crippen molar-refractivity contribution in [2.45, 2.75) is 11.9 Å². The molecule has 1 aromatic rings. The zero-order chi connectivity index (χ0) is 16.2. The van der Waals surface area contributed by atoms with Gasteiger partial charge in [-0.15, -0.1) is 0 Å². The number of anilines is 1. The lowest BCUT2D eigenvalue weighted by Crippen LogP contribution is -2.34. The summed E-state index contributed by atoms with van der Waals surface area (Å²) >= 11 is -0.176. The molecule has 1 heterocycles. The molecule has 1 N–H and O–H groups in total. The number of carbonyl (C=O) groups is 2. The third kappa shape index (κ3) is 4.66. The van der Waals surface area contributed by atoms with Gasteiger partial charge in [-0.05, 0) is 23.9 Å². The molecule has 2 amide bonds. The van der Waals surface area contributed by atoms with Gasteiger partial charge >= 0.3 is 5.51 Å². The first kappa shape index (κ1) is 16.7. The van der Waals surface area contributed by atoms with Crippen LogP contribution < -0.4 is 10.2 Å². The van der Waals surface area contributed by atoms with E-state index >= 15 is 0 Å². The average molecular weight is 332 g/mol. The van der Waals surface area contributed by atoms with Crippen LogP contribution in [-0.4, -0.2) is 36.2 Å². The number of hydrogen-bond acceptors (Lipinski definition) is 3. The highest BCUT2D eigenvalue weighted by Gasteiger charge is 2.35. The second kappa shape index (κ2) is 7.04. The number of benzene rings is 1. The lowest BCUT2D eigenvalue weighted by atomic mass is 10.1. The summed E-state index contributed by atoms with van der Waals surface area (Å²) in [4.78, 5) is 25.4. The summed E-state index contributed by atoms with van der Waals surface area (Å²) < 4.78 is 35.9. The first-order valence-electron chi connectivity index (χ1n) is 6.70. The Morgan fingerprint density at radius 3 is 2.64 bits per heavy atom. The molecule has 0 unspecified atom stereocenters. The van der Waals surface area contributed by atoms with Crippen LogP contribution in [-0.2, 0) is 9.59 Å². The minimum Gasteiger partial charge on any atom is -0.355 e. The van der Waals surface area contributed by atoms with Crippen LogP contribution in [0.3, 0.4) is 0 Å². The smallest absolute Gasteiger partial charge is 0.355 e. The Balaban J connectivity index is 1.82. The number of alkyl halides is 3. The highest BCUT2D eigenvalue weighted by Crippen LogP contribution is 2.29. The number of para-hydroxylation sites is 1. The molecule has 1 aliphatic rings. The zero-order valence-corrected chi connectivity index (χ0v) is 12.4. The van der Waals surface area contributed by atoms with Gasteiger partial charge in [-0.2, -0.15) is 13.2 Å². The number of halogens is 3. The largest absolute Gasteiger partial charge is 0.441 e. The summed E-state index contributed by atoms with van der Waals surface area (Å²) in [6.07, 6.45) is 0.0765. The quantitative estimate of drug-likeness (QED) is 0.843. The molecule has 22 heavy (non-hydrogen) atoms. The van der Waals surface area contributed by atoms with Crippen molar-refractivity contribution >= 4 is 29.3 Å². The molecule has 0 bridgehead atoms. The molecule has 0 radical (unpaired) electrons. The van der Waals surface area contributed by atoms with Crippen molar-refractivity contribution in [2.24, 2.45) is 5.92 Å². The third-order valence-corrected chi connectivity index (χ3v) is 3.97. The van der Waals surface area contributed by atoms with Gasteiger partial charge in [0.05, 0.1) is 5.92 Å². The molecule has 0 saturated carbocycles. The van der Waals surface area contributed by atoms with Crippen molar-refractivity contribution in [3.63, 3.8) is 0 Å². The minimum atomic E-state index is -4.29. The first-order chi connectivity index (χ1) is 10.4. The number of rotatable bonds is 5. The predicted octanol–water partition coefficient (Wildman–Crippen LogP) is 2.41. The Kier molecular flexibility index (Phi) is 5.33. The zero-order valence-electron chi connectivity index (χ0n) is 11.6. The van der Waals surface area contributed by atoms with Crippen LogP contribution in [0.1, 0.15) is 6.42 Å². The molecule has 0 spiro atoms. The number of nitrogens with zero attached hydrogens (tertiary/aromatic N) is 1. The number of amides is 2. The van der Waals surface area contributed by atoms with Gasteiger partial charge < -0.3 is 10.2 Å². The number of nitrogens with one attached hydrogen (secondary N) is 1. The van der Waals surface area contributed by atoms with Crippen LogP contribution in [0.4, 0.5) is 18.9 Å². The van der Waals surface area contributed by atoms with Gasteiger partial charge in [0, 0.05) is 31.0 Å². The van der Waals surface area contributed by atoms with Crippen LogP contribution in [0.25, 0.3) is 0 Å². The van der Waals surface area contributed by atoms with Gasteiger partial charge in [-0.25, -0.2) is 0 Å². The van der Waals surface area contributed by atoms with E-state index in [9.17, 15) is 22.8 Å². The lowest BCUT2D eigenvalue weighted by Gasteiger charge is -2.16. The van der Waals surface area contributed by atoms with Crippen molar-refractivity contribution in [2.75, 3.05) is 23.7 Å². The Morgan fingerprint density at radius 1 is 1.32 bits per heavy atom. The summed E-state index contributed by atoms with van der Waals surface area (Å²) in [6, 6.07) is 8.97. The Labute approximate surface area is 130 Å². The first-order valence-corrected chi connectivity index (χ1v) is 7.69. The number of hydrogen-bond donors (Lipinski definition) is 1. The lowest BCUT2D eigenvalue weighted by molar-refractivity contribution is -0.126. The molecule has 1 saturated heterocycles. The molecule has 8 heteroatoms.